The first-order valence-electron chi connectivity index (χ1n) is 5.09. The van der Waals surface area contributed by atoms with Gasteiger partial charge in [0.15, 0.2) is 0 Å². The van der Waals surface area contributed by atoms with Gasteiger partial charge in [-0.2, -0.15) is 10.3 Å². The quantitative estimate of drug-likeness (QED) is 0.396. The molecule has 0 bridgehead atoms. The Kier molecular flexibility index (Phi) is 7.59. The topological polar surface area (TPSA) is 80.9 Å². The Morgan fingerprint density at radius 2 is 1.69 bits per heavy atom. The number of carbonyl (C=O) groups excluding carboxylic acids is 1. The van der Waals surface area contributed by atoms with Gasteiger partial charge in [-0.05, 0) is 20.8 Å². The molecule has 6 nitrogen and oxygen atoms in total. The molecule has 1 unspecified atom stereocenters. The van der Waals surface area contributed by atoms with Gasteiger partial charge < -0.3 is 14.2 Å². The van der Waals surface area contributed by atoms with Crippen molar-refractivity contribution in [1.82, 2.24) is 0 Å². The summed E-state index contributed by atoms with van der Waals surface area (Å²) in [6, 6.07) is 0.469. The molecular formula is C10H16N2O4. The number of hydrogen-bond donors (Lipinski definition) is 0. The third kappa shape index (κ3) is 5.20. The number of rotatable bonds is 5. The predicted molar refractivity (Wildman–Crippen MR) is 56.7 cm³/mol. The standard InChI is InChI=1S/C10H16N2O4/c1-4-14-9(13)8(7-11)12-10(15-5-2)16-6-3/h8H,4-6H2,1-3H3. The lowest BCUT2D eigenvalue weighted by Crippen LogP contribution is -2.23. The highest BCUT2D eigenvalue weighted by atomic mass is 16.7. The number of nitrogens with zero attached hydrogens (tertiary/aromatic N) is 2. The highest BCUT2D eigenvalue weighted by molar-refractivity contribution is 5.82. The molecule has 0 amide bonds. The van der Waals surface area contributed by atoms with Crippen LogP contribution in [0, 0.1) is 11.3 Å². The maximum absolute atomic E-state index is 11.3. The minimum atomic E-state index is -1.24. The molecule has 1 atom stereocenters. The van der Waals surface area contributed by atoms with Gasteiger partial charge in [0.05, 0.1) is 19.8 Å². The Labute approximate surface area is 94.8 Å². The van der Waals surface area contributed by atoms with Crippen LogP contribution in [0.4, 0.5) is 0 Å². The second-order valence-electron chi connectivity index (χ2n) is 2.54. The average molecular weight is 228 g/mol. The molecule has 0 saturated carbocycles. The van der Waals surface area contributed by atoms with Crippen LogP contribution in [0.25, 0.3) is 0 Å². The largest absolute Gasteiger partial charge is 0.464 e. The Bertz CT molecular complexity index is 275. The van der Waals surface area contributed by atoms with Crippen LogP contribution < -0.4 is 0 Å². The van der Waals surface area contributed by atoms with Crippen molar-refractivity contribution in [1.29, 1.82) is 5.26 Å². The van der Waals surface area contributed by atoms with E-state index in [4.69, 9.17) is 14.7 Å². The Hall–Kier alpha value is -1.77. The van der Waals surface area contributed by atoms with Crippen molar-refractivity contribution < 1.29 is 19.0 Å². The summed E-state index contributed by atoms with van der Waals surface area (Å²) in [4.78, 5) is 15.0. The molecule has 0 N–H and O–H groups in total. The lowest BCUT2D eigenvalue weighted by Gasteiger charge is -2.09. The zero-order valence-corrected chi connectivity index (χ0v) is 9.73. The summed E-state index contributed by atoms with van der Waals surface area (Å²) in [6.45, 7) is 6.05. The fourth-order valence-corrected chi connectivity index (χ4v) is 0.824. The van der Waals surface area contributed by atoms with Crippen molar-refractivity contribution in [3.63, 3.8) is 0 Å². The van der Waals surface area contributed by atoms with E-state index in [-0.39, 0.29) is 12.7 Å². The fraction of sp³-hybridized carbons (Fsp3) is 0.700. The van der Waals surface area contributed by atoms with E-state index in [0.29, 0.717) is 13.2 Å². The molecule has 0 aromatic carbocycles. The molecule has 0 radical (unpaired) electrons. The molecule has 90 valence electrons. The van der Waals surface area contributed by atoms with Crippen LogP contribution in [-0.2, 0) is 19.0 Å². The van der Waals surface area contributed by atoms with Crippen LogP contribution >= 0.6 is 0 Å². The van der Waals surface area contributed by atoms with E-state index in [1.807, 2.05) is 0 Å². The number of carbonyl (C=O) groups is 1. The molecule has 0 saturated heterocycles. The molecule has 0 fully saturated rings. The van der Waals surface area contributed by atoms with Crippen LogP contribution in [0.1, 0.15) is 20.8 Å². The van der Waals surface area contributed by atoms with E-state index in [1.54, 1.807) is 26.8 Å². The third-order valence-electron chi connectivity index (χ3n) is 1.40. The Morgan fingerprint density at radius 3 is 2.06 bits per heavy atom. The maximum atomic E-state index is 11.3. The summed E-state index contributed by atoms with van der Waals surface area (Å²) >= 11 is 0. The highest BCUT2D eigenvalue weighted by Crippen LogP contribution is 1.98. The van der Waals surface area contributed by atoms with E-state index >= 15 is 0 Å². The normalized spacial score (nSPS) is 10.9. The first-order chi connectivity index (χ1) is 7.69. The number of nitriles is 1. The lowest BCUT2D eigenvalue weighted by atomic mass is 10.3. The van der Waals surface area contributed by atoms with Crippen molar-refractivity contribution in [3.8, 4) is 6.07 Å². The lowest BCUT2D eigenvalue weighted by molar-refractivity contribution is -0.143. The number of esters is 1. The number of hydrogen-bond acceptors (Lipinski definition) is 6. The summed E-state index contributed by atoms with van der Waals surface area (Å²) in [7, 11) is 0. The first kappa shape index (κ1) is 14.2. The van der Waals surface area contributed by atoms with Crippen LogP contribution in [-0.4, -0.2) is 37.9 Å². The van der Waals surface area contributed by atoms with Crippen LogP contribution in [0.5, 0.6) is 0 Å². The summed E-state index contributed by atoms with van der Waals surface area (Å²) in [6.07, 6.45) is -0.0652. The molecule has 0 spiro atoms. The zero-order valence-electron chi connectivity index (χ0n) is 9.73. The van der Waals surface area contributed by atoms with Crippen LogP contribution in [0.3, 0.4) is 0 Å². The van der Waals surface area contributed by atoms with E-state index in [1.165, 1.54) is 0 Å². The van der Waals surface area contributed by atoms with Gasteiger partial charge in [0, 0.05) is 0 Å². The van der Waals surface area contributed by atoms with Gasteiger partial charge in [-0.3, -0.25) is 0 Å². The number of ether oxygens (including phenoxy) is 3. The molecule has 0 aromatic rings. The predicted octanol–water partition coefficient (Wildman–Crippen LogP) is 0.871. The minimum Gasteiger partial charge on any atom is -0.464 e. The summed E-state index contributed by atoms with van der Waals surface area (Å²) in [5.74, 6) is -0.707. The molecular weight excluding hydrogens is 212 g/mol. The van der Waals surface area contributed by atoms with Gasteiger partial charge in [-0.25, -0.2) is 4.79 Å². The summed E-state index contributed by atoms with van der Waals surface area (Å²) in [5, 5.41) is 8.74. The Balaban J connectivity index is 4.61. The second kappa shape index (κ2) is 8.53. The summed E-state index contributed by atoms with van der Waals surface area (Å²) < 4.78 is 14.7. The molecule has 0 aliphatic heterocycles. The number of aliphatic imine (C=N–C) groups is 1. The maximum Gasteiger partial charge on any atom is 0.385 e. The molecule has 0 aliphatic carbocycles. The van der Waals surface area contributed by atoms with E-state index in [0.717, 1.165) is 0 Å². The van der Waals surface area contributed by atoms with Gasteiger partial charge in [-0.15, -0.1) is 0 Å². The van der Waals surface area contributed by atoms with Crippen LogP contribution in [0.2, 0.25) is 0 Å². The van der Waals surface area contributed by atoms with Gasteiger partial charge >= 0.3 is 12.1 Å². The van der Waals surface area contributed by atoms with E-state index in [9.17, 15) is 4.79 Å². The minimum absolute atomic E-state index is 0.0652. The second-order valence-corrected chi connectivity index (χ2v) is 2.54. The molecule has 0 rings (SSSR count). The average Bonchev–Trinajstić information content (AvgIpc) is 2.26. The van der Waals surface area contributed by atoms with Crippen molar-refractivity contribution in [2.45, 2.75) is 26.8 Å². The van der Waals surface area contributed by atoms with Crippen LogP contribution in [0.15, 0.2) is 4.99 Å². The van der Waals surface area contributed by atoms with Crippen molar-refractivity contribution >= 4 is 12.1 Å². The molecule has 16 heavy (non-hydrogen) atoms. The monoisotopic (exact) mass is 228 g/mol. The third-order valence-corrected chi connectivity index (χ3v) is 1.40. The smallest absolute Gasteiger partial charge is 0.385 e. The molecule has 6 heteroatoms. The van der Waals surface area contributed by atoms with Gasteiger partial charge in [0.1, 0.15) is 6.07 Å². The molecule has 0 aliphatic rings. The fourth-order valence-electron chi connectivity index (χ4n) is 0.824. The van der Waals surface area contributed by atoms with Crippen molar-refractivity contribution in [2.75, 3.05) is 19.8 Å². The van der Waals surface area contributed by atoms with E-state index < -0.39 is 12.0 Å². The molecule has 0 heterocycles. The summed E-state index contributed by atoms with van der Waals surface area (Å²) in [5.41, 5.74) is 0. The van der Waals surface area contributed by atoms with Crippen molar-refractivity contribution in [2.24, 2.45) is 4.99 Å². The van der Waals surface area contributed by atoms with Crippen molar-refractivity contribution in [3.05, 3.63) is 0 Å². The van der Waals surface area contributed by atoms with Gasteiger partial charge in [0.2, 0.25) is 6.04 Å². The zero-order chi connectivity index (χ0) is 12.4. The SMILES string of the molecule is CCOC(=O)C(C#N)N=C(OCC)OCC. The van der Waals surface area contributed by atoms with E-state index in [2.05, 4.69) is 9.73 Å². The Morgan fingerprint density at radius 1 is 1.19 bits per heavy atom. The van der Waals surface area contributed by atoms with Gasteiger partial charge in [-0.1, -0.05) is 0 Å². The molecule has 0 aromatic heterocycles. The van der Waals surface area contributed by atoms with Gasteiger partial charge in [0.25, 0.3) is 0 Å². The highest BCUT2D eigenvalue weighted by Gasteiger charge is 2.20. The first-order valence-corrected chi connectivity index (χ1v) is 5.09.